The molecule has 2 fully saturated rings. The first-order valence-electron chi connectivity index (χ1n) is 13.8. The number of primary amides is 1. The SMILES string of the molecule is C#Cc1c(F)ccc2cc(O)cc(-c3c(F)c(OC)c4c(NCC(N)=O)nc(OC[C@@]56CCCN5C[C@H](F)C6)nc4c3F)c12. The molecule has 2 aliphatic heterocycles. The second-order valence-corrected chi connectivity index (χ2v) is 11.0. The Bertz CT molecular complexity index is 1880. The number of phenolic OH excluding ortho intramolecular Hbond substituents is 1. The van der Waals surface area contributed by atoms with Gasteiger partial charge in [-0.1, -0.05) is 12.0 Å². The van der Waals surface area contributed by atoms with E-state index in [0.29, 0.717) is 13.0 Å². The molecular formula is C31H27F4N5O4. The van der Waals surface area contributed by atoms with Gasteiger partial charge in [0.1, 0.15) is 35.7 Å². The van der Waals surface area contributed by atoms with Crippen molar-refractivity contribution in [3.63, 3.8) is 0 Å². The van der Waals surface area contributed by atoms with Crippen LogP contribution in [0.3, 0.4) is 0 Å². The van der Waals surface area contributed by atoms with E-state index in [-0.39, 0.29) is 64.4 Å². The van der Waals surface area contributed by atoms with Crippen LogP contribution in [0.5, 0.6) is 17.5 Å². The molecule has 44 heavy (non-hydrogen) atoms. The number of aromatic nitrogens is 2. The van der Waals surface area contributed by atoms with E-state index in [4.69, 9.17) is 21.6 Å². The van der Waals surface area contributed by atoms with Crippen LogP contribution in [-0.2, 0) is 4.79 Å². The number of nitrogens with two attached hydrogens (primary N) is 1. The van der Waals surface area contributed by atoms with Gasteiger partial charge in [-0.15, -0.1) is 6.42 Å². The van der Waals surface area contributed by atoms with Crippen LogP contribution in [0.1, 0.15) is 24.8 Å². The third-order valence-corrected chi connectivity index (χ3v) is 8.29. The number of fused-ring (bicyclic) bond motifs is 3. The highest BCUT2D eigenvalue weighted by atomic mass is 19.1. The normalized spacial score (nSPS) is 19.7. The Morgan fingerprint density at radius 1 is 1.25 bits per heavy atom. The van der Waals surface area contributed by atoms with Gasteiger partial charge in [0.15, 0.2) is 17.4 Å². The zero-order valence-electron chi connectivity index (χ0n) is 23.5. The fourth-order valence-corrected chi connectivity index (χ4v) is 6.45. The predicted octanol–water partition coefficient (Wildman–Crippen LogP) is 4.42. The Hall–Kier alpha value is -4.83. The van der Waals surface area contributed by atoms with Gasteiger partial charge in [-0.3, -0.25) is 9.69 Å². The van der Waals surface area contributed by atoms with E-state index in [1.165, 1.54) is 12.1 Å². The molecule has 2 saturated heterocycles. The van der Waals surface area contributed by atoms with Crippen molar-refractivity contribution in [3.8, 4) is 41.0 Å². The number of terminal acetylenes is 1. The van der Waals surface area contributed by atoms with E-state index in [0.717, 1.165) is 25.7 Å². The molecule has 0 saturated carbocycles. The number of hydrogen-bond acceptors (Lipinski definition) is 8. The van der Waals surface area contributed by atoms with Crippen LogP contribution >= 0.6 is 0 Å². The van der Waals surface area contributed by atoms with Gasteiger partial charge in [0.2, 0.25) is 5.91 Å². The average Bonchev–Trinajstić information content (AvgIpc) is 3.51. The van der Waals surface area contributed by atoms with E-state index in [1.54, 1.807) is 0 Å². The molecule has 4 N–H and O–H groups in total. The molecule has 1 aromatic heterocycles. The minimum atomic E-state index is -1.23. The Morgan fingerprint density at radius 3 is 2.77 bits per heavy atom. The number of alkyl halides is 1. The first kappa shape index (κ1) is 29.3. The smallest absolute Gasteiger partial charge is 0.319 e. The first-order chi connectivity index (χ1) is 21.1. The van der Waals surface area contributed by atoms with Crippen LogP contribution in [0.15, 0.2) is 24.3 Å². The van der Waals surface area contributed by atoms with Crippen molar-refractivity contribution in [2.75, 3.05) is 38.7 Å². The van der Waals surface area contributed by atoms with Crippen LogP contribution in [0.4, 0.5) is 23.4 Å². The summed E-state index contributed by atoms with van der Waals surface area (Å²) in [5.74, 6) is -2.91. The Kier molecular flexibility index (Phi) is 7.33. The lowest BCUT2D eigenvalue weighted by molar-refractivity contribution is -0.116. The molecule has 0 bridgehead atoms. The molecule has 0 radical (unpaired) electrons. The average molecular weight is 610 g/mol. The standard InChI is InChI=1S/C31H27F4N5O4/c1-3-18-20(33)6-5-15-9-17(41)10-19(22(15)18)23-25(34)27-24(28(43-2)26(23)35)29(37-12-21(36)42)39-30(38-27)44-14-31-7-4-8-40(31)13-16(32)11-31/h1,5-6,9-10,16,41H,4,7-8,11-14H2,2H3,(H2,36,42)(H,37,38,39)/t16-,31+/m1/s1. The molecule has 3 aromatic carbocycles. The number of hydrogen-bond donors (Lipinski definition) is 3. The minimum absolute atomic E-state index is 0.00297. The largest absolute Gasteiger partial charge is 0.508 e. The summed E-state index contributed by atoms with van der Waals surface area (Å²) in [7, 11) is 1.14. The van der Waals surface area contributed by atoms with Crippen LogP contribution in [0.2, 0.25) is 0 Å². The lowest BCUT2D eigenvalue weighted by Crippen LogP contribution is -2.43. The minimum Gasteiger partial charge on any atom is -0.508 e. The molecule has 0 unspecified atom stereocenters. The molecule has 0 spiro atoms. The fourth-order valence-electron chi connectivity index (χ4n) is 6.45. The second-order valence-electron chi connectivity index (χ2n) is 11.0. The van der Waals surface area contributed by atoms with E-state index in [2.05, 4.69) is 21.2 Å². The van der Waals surface area contributed by atoms with E-state index in [1.807, 2.05) is 4.90 Å². The molecule has 2 atom stereocenters. The summed E-state index contributed by atoms with van der Waals surface area (Å²) in [5.41, 5.74) is 3.02. The summed E-state index contributed by atoms with van der Waals surface area (Å²) in [6.45, 7) is 0.534. The van der Waals surface area contributed by atoms with Crippen molar-refractivity contribution in [2.24, 2.45) is 5.73 Å². The third kappa shape index (κ3) is 4.75. The van der Waals surface area contributed by atoms with Gasteiger partial charge in [0.25, 0.3) is 0 Å². The molecule has 9 nitrogen and oxygen atoms in total. The molecule has 3 heterocycles. The van der Waals surface area contributed by atoms with Gasteiger partial charge >= 0.3 is 6.01 Å². The monoisotopic (exact) mass is 609 g/mol. The molecule has 0 aliphatic carbocycles. The highest BCUT2D eigenvalue weighted by Crippen LogP contribution is 2.46. The summed E-state index contributed by atoms with van der Waals surface area (Å²) in [6, 6.07) is 4.41. The molecular weight excluding hydrogens is 582 g/mol. The number of anilines is 1. The maximum absolute atomic E-state index is 16.6. The van der Waals surface area contributed by atoms with Crippen LogP contribution < -0.4 is 20.5 Å². The molecule has 2 aliphatic rings. The number of rotatable bonds is 8. The third-order valence-electron chi connectivity index (χ3n) is 8.29. The topological polar surface area (TPSA) is 123 Å². The lowest BCUT2D eigenvalue weighted by Gasteiger charge is -2.30. The van der Waals surface area contributed by atoms with Gasteiger partial charge in [0, 0.05) is 23.9 Å². The fraction of sp³-hybridized carbons (Fsp3) is 0.323. The van der Waals surface area contributed by atoms with Crippen molar-refractivity contribution in [3.05, 3.63) is 47.3 Å². The van der Waals surface area contributed by atoms with Crippen LogP contribution in [-0.4, -0.2) is 70.9 Å². The van der Waals surface area contributed by atoms with Crippen molar-refractivity contribution < 1.29 is 36.9 Å². The Labute approximate surface area is 249 Å². The zero-order chi connectivity index (χ0) is 31.3. The molecule has 228 valence electrons. The quantitative estimate of drug-likeness (QED) is 0.198. The Balaban J connectivity index is 1.58. The van der Waals surface area contributed by atoms with Crippen molar-refractivity contribution in [1.82, 2.24) is 14.9 Å². The van der Waals surface area contributed by atoms with E-state index >= 15 is 8.78 Å². The molecule has 13 heteroatoms. The number of nitrogens with one attached hydrogen (secondary N) is 1. The zero-order valence-corrected chi connectivity index (χ0v) is 23.5. The number of amides is 1. The van der Waals surface area contributed by atoms with Gasteiger partial charge in [0.05, 0.1) is 35.7 Å². The second kappa shape index (κ2) is 11.0. The first-order valence-corrected chi connectivity index (χ1v) is 13.8. The Morgan fingerprint density at radius 2 is 2.05 bits per heavy atom. The number of carbonyl (C=O) groups excluding carboxylic acids is 1. The number of ether oxygens (including phenoxy) is 2. The van der Waals surface area contributed by atoms with Gasteiger partial charge in [-0.05, 0) is 43.0 Å². The van der Waals surface area contributed by atoms with E-state index in [9.17, 15) is 18.7 Å². The summed E-state index contributed by atoms with van der Waals surface area (Å²) in [6.07, 6.45) is 6.35. The summed E-state index contributed by atoms with van der Waals surface area (Å²) in [4.78, 5) is 22.1. The highest BCUT2D eigenvalue weighted by molar-refractivity contribution is 6.06. The van der Waals surface area contributed by atoms with Crippen molar-refractivity contribution >= 4 is 33.4 Å². The number of methoxy groups -OCH3 is 1. The van der Waals surface area contributed by atoms with E-state index < -0.39 is 58.4 Å². The summed E-state index contributed by atoms with van der Waals surface area (Å²) in [5, 5.41) is 13.0. The summed E-state index contributed by atoms with van der Waals surface area (Å²) < 4.78 is 73.4. The number of phenols is 1. The van der Waals surface area contributed by atoms with Crippen molar-refractivity contribution in [1.29, 1.82) is 0 Å². The maximum atomic E-state index is 16.6. The number of aromatic hydroxyl groups is 1. The predicted molar refractivity (Wildman–Crippen MR) is 155 cm³/mol. The number of benzene rings is 3. The van der Waals surface area contributed by atoms with Crippen molar-refractivity contribution in [2.45, 2.75) is 31.0 Å². The lowest BCUT2D eigenvalue weighted by atomic mass is 9.92. The van der Waals surface area contributed by atoms with Crippen LogP contribution in [0, 0.1) is 29.8 Å². The number of halogens is 4. The highest BCUT2D eigenvalue weighted by Gasteiger charge is 2.49. The molecule has 1 amide bonds. The van der Waals surface area contributed by atoms with Gasteiger partial charge in [-0.25, -0.2) is 17.6 Å². The number of nitrogens with zero attached hydrogens (tertiary/aromatic N) is 3. The maximum Gasteiger partial charge on any atom is 0.319 e. The molecule has 4 aromatic rings. The van der Waals surface area contributed by atoms with Gasteiger partial charge in [-0.2, -0.15) is 9.97 Å². The number of carbonyl (C=O) groups is 1. The summed E-state index contributed by atoms with van der Waals surface area (Å²) >= 11 is 0. The van der Waals surface area contributed by atoms with Crippen LogP contribution in [0.25, 0.3) is 32.8 Å². The molecule has 6 rings (SSSR count). The van der Waals surface area contributed by atoms with Gasteiger partial charge < -0.3 is 25.6 Å².